The van der Waals surface area contributed by atoms with Gasteiger partial charge in [0.25, 0.3) is 0 Å². The lowest BCUT2D eigenvalue weighted by molar-refractivity contribution is 0.534. The molecule has 0 saturated carbocycles. The van der Waals surface area contributed by atoms with E-state index in [1.165, 1.54) is 24.1 Å². The summed E-state index contributed by atoms with van der Waals surface area (Å²) in [5.41, 5.74) is 8.34. The lowest BCUT2D eigenvalue weighted by Crippen LogP contribution is -2.21. The summed E-state index contributed by atoms with van der Waals surface area (Å²) < 4.78 is 0. The van der Waals surface area contributed by atoms with Crippen molar-refractivity contribution in [2.75, 3.05) is 5.73 Å². The number of hydrogen-bond donors (Lipinski definition) is 1. The maximum Gasteiger partial charge on any atom is 0.136 e. The Morgan fingerprint density at radius 3 is 2.40 bits per heavy atom. The van der Waals surface area contributed by atoms with E-state index < -0.39 is 0 Å². The Morgan fingerprint density at radius 2 is 1.73 bits per heavy atom. The highest BCUT2D eigenvalue weighted by Gasteiger charge is 2.22. The normalized spacial score (nSPS) is 16.2. The van der Waals surface area contributed by atoms with Gasteiger partial charge in [0.05, 0.1) is 0 Å². The first kappa shape index (κ1) is 10.4. The zero-order chi connectivity index (χ0) is 11.1. The first-order valence-electron chi connectivity index (χ1n) is 5.64. The number of nitrogen functional groups attached to an aromatic ring is 1. The second-order valence-corrected chi connectivity index (χ2v) is 5.31. The Kier molecular flexibility index (Phi) is 2.41. The summed E-state index contributed by atoms with van der Waals surface area (Å²) in [6.07, 6.45) is 4.55. The lowest BCUT2D eigenvalue weighted by atomic mass is 9.92. The van der Waals surface area contributed by atoms with Crippen LogP contribution < -0.4 is 5.73 Å². The molecule has 0 aromatic carbocycles. The van der Waals surface area contributed by atoms with Crippen molar-refractivity contribution in [1.82, 2.24) is 9.97 Å². The highest BCUT2D eigenvalue weighted by molar-refractivity contribution is 5.44. The number of aromatic nitrogens is 2. The van der Waals surface area contributed by atoms with Crippen molar-refractivity contribution in [3.05, 3.63) is 17.1 Å². The number of aryl methyl sites for hydroxylation is 1. The van der Waals surface area contributed by atoms with Crippen molar-refractivity contribution in [2.45, 2.75) is 51.9 Å². The molecule has 0 spiro atoms. The molecule has 3 nitrogen and oxygen atoms in total. The average molecular weight is 205 g/mol. The minimum absolute atomic E-state index is 0.0133. The number of anilines is 1. The van der Waals surface area contributed by atoms with E-state index in [0.717, 1.165) is 18.7 Å². The minimum atomic E-state index is -0.0133. The molecule has 0 atom stereocenters. The van der Waals surface area contributed by atoms with Gasteiger partial charge in [0.2, 0.25) is 0 Å². The molecule has 1 aliphatic rings. The van der Waals surface area contributed by atoms with E-state index in [1.807, 2.05) is 0 Å². The van der Waals surface area contributed by atoms with E-state index in [2.05, 4.69) is 30.7 Å². The standard InChI is InChI=1S/C12H19N3/c1-12(2,3)11-14-9-7-5-4-6-8(9)10(13)15-11/h4-7H2,1-3H3,(H2,13,14,15). The van der Waals surface area contributed by atoms with E-state index in [-0.39, 0.29) is 5.41 Å². The average Bonchev–Trinajstić information content (AvgIpc) is 2.16. The van der Waals surface area contributed by atoms with Gasteiger partial charge >= 0.3 is 0 Å². The van der Waals surface area contributed by atoms with Gasteiger partial charge in [0.15, 0.2) is 0 Å². The molecule has 1 aliphatic carbocycles. The van der Waals surface area contributed by atoms with Gasteiger partial charge in [-0.2, -0.15) is 0 Å². The second kappa shape index (κ2) is 3.47. The smallest absolute Gasteiger partial charge is 0.136 e. The third-order valence-corrected chi connectivity index (χ3v) is 2.89. The molecular weight excluding hydrogens is 186 g/mol. The number of fused-ring (bicyclic) bond motifs is 1. The van der Waals surface area contributed by atoms with Crippen LogP contribution in [-0.2, 0) is 18.3 Å². The number of hydrogen-bond acceptors (Lipinski definition) is 3. The molecule has 0 bridgehead atoms. The van der Waals surface area contributed by atoms with Crippen LogP contribution in [0.25, 0.3) is 0 Å². The van der Waals surface area contributed by atoms with Crippen LogP contribution in [0.1, 0.15) is 50.7 Å². The molecule has 0 unspecified atom stereocenters. The number of rotatable bonds is 0. The van der Waals surface area contributed by atoms with Crippen molar-refractivity contribution < 1.29 is 0 Å². The molecule has 1 heterocycles. The van der Waals surface area contributed by atoms with Gasteiger partial charge in [-0.3, -0.25) is 0 Å². The maximum atomic E-state index is 5.99. The zero-order valence-corrected chi connectivity index (χ0v) is 9.80. The fraction of sp³-hybridized carbons (Fsp3) is 0.667. The second-order valence-electron chi connectivity index (χ2n) is 5.31. The lowest BCUT2D eigenvalue weighted by Gasteiger charge is -2.22. The quantitative estimate of drug-likeness (QED) is 0.706. The molecule has 1 aromatic heterocycles. The van der Waals surface area contributed by atoms with Gasteiger partial charge in [0, 0.05) is 16.7 Å². The summed E-state index contributed by atoms with van der Waals surface area (Å²) in [7, 11) is 0. The van der Waals surface area contributed by atoms with Crippen molar-refractivity contribution in [2.24, 2.45) is 0 Å². The van der Waals surface area contributed by atoms with Crippen molar-refractivity contribution in [1.29, 1.82) is 0 Å². The van der Waals surface area contributed by atoms with Gasteiger partial charge in [-0.1, -0.05) is 20.8 Å². The molecular formula is C12H19N3. The first-order valence-corrected chi connectivity index (χ1v) is 5.64. The highest BCUT2D eigenvalue weighted by Crippen LogP contribution is 2.27. The van der Waals surface area contributed by atoms with E-state index in [9.17, 15) is 0 Å². The van der Waals surface area contributed by atoms with E-state index >= 15 is 0 Å². The molecule has 0 amide bonds. The molecule has 2 rings (SSSR count). The van der Waals surface area contributed by atoms with Crippen LogP contribution in [0.2, 0.25) is 0 Å². The number of nitrogens with zero attached hydrogens (tertiary/aromatic N) is 2. The SMILES string of the molecule is CC(C)(C)c1nc(N)c2c(n1)CCCC2. The molecule has 3 heteroatoms. The number of nitrogens with two attached hydrogens (primary N) is 1. The third-order valence-electron chi connectivity index (χ3n) is 2.89. The fourth-order valence-electron chi connectivity index (χ4n) is 1.96. The van der Waals surface area contributed by atoms with E-state index in [0.29, 0.717) is 5.82 Å². The predicted octanol–water partition coefficient (Wildman–Crippen LogP) is 2.24. The van der Waals surface area contributed by atoms with Crippen LogP contribution in [0, 0.1) is 0 Å². The summed E-state index contributed by atoms with van der Waals surface area (Å²) in [5, 5.41) is 0. The summed E-state index contributed by atoms with van der Waals surface area (Å²) in [4.78, 5) is 9.08. The predicted molar refractivity (Wildman–Crippen MR) is 61.8 cm³/mol. The Hall–Kier alpha value is -1.12. The monoisotopic (exact) mass is 205 g/mol. The summed E-state index contributed by atoms with van der Waals surface area (Å²) in [5.74, 6) is 1.57. The molecule has 0 radical (unpaired) electrons. The molecule has 0 fully saturated rings. The molecule has 2 N–H and O–H groups in total. The topological polar surface area (TPSA) is 51.8 Å². The van der Waals surface area contributed by atoms with Gasteiger partial charge in [0.1, 0.15) is 11.6 Å². The largest absolute Gasteiger partial charge is 0.383 e. The minimum Gasteiger partial charge on any atom is -0.383 e. The molecule has 0 saturated heterocycles. The van der Waals surface area contributed by atoms with Gasteiger partial charge in [-0.05, 0) is 25.7 Å². The Bertz CT molecular complexity index is 377. The summed E-state index contributed by atoms with van der Waals surface area (Å²) in [6, 6.07) is 0. The summed E-state index contributed by atoms with van der Waals surface area (Å²) in [6.45, 7) is 6.37. The van der Waals surface area contributed by atoms with Crippen molar-refractivity contribution >= 4 is 5.82 Å². The Labute approximate surface area is 91.1 Å². The molecule has 0 aliphatic heterocycles. The Morgan fingerprint density at radius 1 is 1.07 bits per heavy atom. The third kappa shape index (κ3) is 1.96. The van der Waals surface area contributed by atoms with Crippen LogP contribution in [0.15, 0.2) is 0 Å². The first-order chi connectivity index (χ1) is 6.98. The van der Waals surface area contributed by atoms with Gasteiger partial charge < -0.3 is 5.73 Å². The van der Waals surface area contributed by atoms with Crippen LogP contribution in [0.4, 0.5) is 5.82 Å². The molecule has 15 heavy (non-hydrogen) atoms. The molecule has 82 valence electrons. The zero-order valence-electron chi connectivity index (χ0n) is 9.80. The fourth-order valence-corrected chi connectivity index (χ4v) is 1.96. The van der Waals surface area contributed by atoms with Crippen molar-refractivity contribution in [3.63, 3.8) is 0 Å². The van der Waals surface area contributed by atoms with Gasteiger partial charge in [-0.15, -0.1) is 0 Å². The van der Waals surface area contributed by atoms with Crippen molar-refractivity contribution in [3.8, 4) is 0 Å². The van der Waals surface area contributed by atoms with Crippen LogP contribution in [-0.4, -0.2) is 9.97 Å². The van der Waals surface area contributed by atoms with Crippen LogP contribution in [0.5, 0.6) is 0 Å². The van der Waals surface area contributed by atoms with Crippen LogP contribution >= 0.6 is 0 Å². The highest BCUT2D eigenvalue weighted by atomic mass is 15.0. The molecule has 1 aromatic rings. The Balaban J connectivity index is 2.50. The summed E-state index contributed by atoms with van der Waals surface area (Å²) >= 11 is 0. The van der Waals surface area contributed by atoms with E-state index in [4.69, 9.17) is 5.73 Å². The maximum absolute atomic E-state index is 5.99. The van der Waals surface area contributed by atoms with Crippen LogP contribution in [0.3, 0.4) is 0 Å². The van der Waals surface area contributed by atoms with E-state index in [1.54, 1.807) is 0 Å². The van der Waals surface area contributed by atoms with Gasteiger partial charge in [-0.25, -0.2) is 9.97 Å².